The molecule has 7 nitrogen and oxygen atoms in total. The van der Waals surface area contributed by atoms with Crippen LogP contribution in [0, 0.1) is 0 Å². The van der Waals surface area contributed by atoms with Crippen molar-refractivity contribution in [2.45, 2.75) is 37.4 Å². The molecule has 3 N–H and O–H groups in total. The summed E-state index contributed by atoms with van der Waals surface area (Å²) in [5, 5.41) is 9.46. The second kappa shape index (κ2) is 6.66. The van der Waals surface area contributed by atoms with Gasteiger partial charge in [0.2, 0.25) is 0 Å². The Morgan fingerprint density at radius 3 is 2.85 bits per heavy atom. The van der Waals surface area contributed by atoms with Crippen molar-refractivity contribution in [3.63, 3.8) is 0 Å². The van der Waals surface area contributed by atoms with Gasteiger partial charge < -0.3 is 5.32 Å². The molecule has 2 rings (SSSR count). The summed E-state index contributed by atoms with van der Waals surface area (Å²) in [6, 6.07) is 0.650. The summed E-state index contributed by atoms with van der Waals surface area (Å²) in [5.74, 6) is 0. The predicted octanol–water partition coefficient (Wildman–Crippen LogP) is -0.108. The molecule has 1 aromatic heterocycles. The van der Waals surface area contributed by atoms with Gasteiger partial charge in [-0.2, -0.15) is 5.10 Å². The predicted molar refractivity (Wildman–Crippen MR) is 76.8 cm³/mol. The van der Waals surface area contributed by atoms with Crippen molar-refractivity contribution in [3.05, 3.63) is 11.8 Å². The fourth-order valence-electron chi connectivity index (χ4n) is 2.28. The molecule has 8 heteroatoms. The lowest BCUT2D eigenvalue weighted by Crippen LogP contribution is -2.36. The average Bonchev–Trinajstić information content (AvgIpc) is 3.14. The largest absolute Gasteiger partial charge is 0.316 e. The van der Waals surface area contributed by atoms with Crippen LogP contribution in [0.2, 0.25) is 0 Å². The number of hydrogen-bond donors (Lipinski definition) is 3. The fourth-order valence-corrected chi connectivity index (χ4v) is 3.43. The number of rotatable bonds is 9. The van der Waals surface area contributed by atoms with E-state index in [9.17, 15) is 8.42 Å². The van der Waals surface area contributed by atoms with Gasteiger partial charge in [-0.25, -0.2) is 13.1 Å². The number of aromatic amines is 1. The number of sulfonamides is 1. The molecule has 0 saturated heterocycles. The SMILES string of the molecule is CCN(CCNS(=O)(=O)c1[nH]ncc1CNC)C1CC1. The van der Waals surface area contributed by atoms with Gasteiger partial charge in [0.1, 0.15) is 0 Å². The molecule has 1 aromatic rings. The monoisotopic (exact) mass is 301 g/mol. The van der Waals surface area contributed by atoms with Crippen molar-refractivity contribution in [2.24, 2.45) is 0 Å². The second-order valence-corrected chi connectivity index (χ2v) is 6.72. The van der Waals surface area contributed by atoms with Crippen LogP contribution in [-0.4, -0.2) is 56.2 Å². The topological polar surface area (TPSA) is 90.1 Å². The zero-order valence-electron chi connectivity index (χ0n) is 12.0. The lowest BCUT2D eigenvalue weighted by atomic mass is 10.4. The third kappa shape index (κ3) is 3.78. The Hall–Kier alpha value is -0.960. The van der Waals surface area contributed by atoms with E-state index in [1.54, 1.807) is 7.05 Å². The van der Waals surface area contributed by atoms with Crippen LogP contribution in [-0.2, 0) is 16.6 Å². The molecular weight excluding hydrogens is 278 g/mol. The quantitative estimate of drug-likeness (QED) is 0.592. The normalized spacial score (nSPS) is 15.9. The van der Waals surface area contributed by atoms with Gasteiger partial charge in [0.15, 0.2) is 5.03 Å². The van der Waals surface area contributed by atoms with Gasteiger partial charge >= 0.3 is 0 Å². The first-order valence-electron chi connectivity index (χ1n) is 6.99. The molecule has 1 heterocycles. The molecule has 1 saturated carbocycles. The maximum atomic E-state index is 12.2. The Labute approximate surface area is 120 Å². The zero-order valence-corrected chi connectivity index (χ0v) is 12.8. The third-order valence-electron chi connectivity index (χ3n) is 3.47. The van der Waals surface area contributed by atoms with Gasteiger partial charge in [-0.1, -0.05) is 6.92 Å². The molecule has 114 valence electrons. The molecule has 0 unspecified atom stereocenters. The molecule has 1 fully saturated rings. The number of H-pyrrole nitrogens is 1. The molecule has 20 heavy (non-hydrogen) atoms. The Kier molecular flexibility index (Phi) is 5.14. The standard InChI is InChI=1S/C12H23N5O2S/c1-3-17(11-4-5-11)7-6-15-20(18,19)12-10(8-13-2)9-14-16-12/h9,11,13,15H,3-8H2,1-2H3,(H,14,16). The van der Waals surface area contributed by atoms with E-state index in [-0.39, 0.29) is 5.03 Å². The minimum absolute atomic E-state index is 0.154. The fraction of sp³-hybridized carbons (Fsp3) is 0.750. The Bertz CT molecular complexity index is 524. The summed E-state index contributed by atoms with van der Waals surface area (Å²) >= 11 is 0. The van der Waals surface area contributed by atoms with Crippen LogP contribution >= 0.6 is 0 Å². The molecule has 0 bridgehead atoms. The van der Waals surface area contributed by atoms with Crippen LogP contribution in [0.4, 0.5) is 0 Å². The highest BCUT2D eigenvalue weighted by Crippen LogP contribution is 2.25. The molecular formula is C12H23N5O2S. The number of likely N-dealkylation sites (N-methyl/N-ethyl adjacent to an activating group) is 1. The van der Waals surface area contributed by atoms with E-state index in [1.807, 2.05) is 0 Å². The maximum absolute atomic E-state index is 12.2. The molecule has 0 aromatic carbocycles. The summed E-state index contributed by atoms with van der Waals surface area (Å²) in [4.78, 5) is 2.31. The van der Waals surface area contributed by atoms with E-state index < -0.39 is 10.0 Å². The lowest BCUT2D eigenvalue weighted by molar-refractivity contribution is 0.282. The van der Waals surface area contributed by atoms with Crippen molar-refractivity contribution >= 4 is 10.0 Å². The number of hydrogen-bond acceptors (Lipinski definition) is 5. The van der Waals surface area contributed by atoms with Crippen molar-refractivity contribution < 1.29 is 8.42 Å². The van der Waals surface area contributed by atoms with E-state index >= 15 is 0 Å². The molecule has 0 radical (unpaired) electrons. The molecule has 1 aliphatic carbocycles. The van der Waals surface area contributed by atoms with Gasteiger partial charge in [0.25, 0.3) is 10.0 Å². The van der Waals surface area contributed by atoms with E-state index in [1.165, 1.54) is 19.0 Å². The van der Waals surface area contributed by atoms with E-state index in [2.05, 4.69) is 32.1 Å². The summed E-state index contributed by atoms with van der Waals surface area (Å²) in [6.45, 7) is 4.70. The number of nitrogens with one attached hydrogen (secondary N) is 3. The first-order chi connectivity index (χ1) is 9.58. The molecule has 1 aliphatic rings. The van der Waals surface area contributed by atoms with Crippen molar-refractivity contribution in [3.8, 4) is 0 Å². The van der Waals surface area contributed by atoms with Crippen molar-refractivity contribution in [1.82, 2.24) is 25.1 Å². The van der Waals surface area contributed by atoms with Gasteiger partial charge in [-0.3, -0.25) is 10.00 Å². The molecule has 0 spiro atoms. The van der Waals surface area contributed by atoms with Crippen LogP contribution in [0.25, 0.3) is 0 Å². The van der Waals surface area contributed by atoms with Crippen molar-refractivity contribution in [2.75, 3.05) is 26.7 Å². The molecule has 0 aliphatic heterocycles. The smallest absolute Gasteiger partial charge is 0.257 e. The zero-order chi connectivity index (χ0) is 14.6. The van der Waals surface area contributed by atoms with Crippen molar-refractivity contribution in [1.29, 1.82) is 0 Å². The third-order valence-corrected chi connectivity index (χ3v) is 4.95. The van der Waals surface area contributed by atoms with Gasteiger partial charge in [0.05, 0.1) is 6.20 Å². The Balaban J connectivity index is 1.91. The number of nitrogens with zero attached hydrogens (tertiary/aromatic N) is 2. The average molecular weight is 301 g/mol. The molecule has 0 amide bonds. The van der Waals surface area contributed by atoms with Crippen LogP contribution in [0.15, 0.2) is 11.2 Å². The number of aromatic nitrogens is 2. The van der Waals surface area contributed by atoms with Crippen LogP contribution < -0.4 is 10.0 Å². The highest BCUT2D eigenvalue weighted by atomic mass is 32.2. The van der Waals surface area contributed by atoms with Crippen LogP contribution in [0.3, 0.4) is 0 Å². The molecule has 0 atom stereocenters. The summed E-state index contributed by atoms with van der Waals surface area (Å²) < 4.78 is 27.1. The minimum atomic E-state index is -3.51. The van der Waals surface area contributed by atoms with E-state index in [4.69, 9.17) is 0 Å². The summed E-state index contributed by atoms with van der Waals surface area (Å²) in [5.41, 5.74) is 0.648. The highest BCUT2D eigenvalue weighted by molar-refractivity contribution is 7.89. The second-order valence-electron chi connectivity index (χ2n) is 5.01. The first kappa shape index (κ1) is 15.4. The first-order valence-corrected chi connectivity index (χ1v) is 8.47. The Morgan fingerprint density at radius 2 is 2.25 bits per heavy atom. The highest BCUT2D eigenvalue weighted by Gasteiger charge is 2.28. The van der Waals surface area contributed by atoms with Crippen LogP contribution in [0.5, 0.6) is 0 Å². The Morgan fingerprint density at radius 1 is 1.50 bits per heavy atom. The van der Waals surface area contributed by atoms with E-state index in [0.717, 1.165) is 13.1 Å². The lowest BCUT2D eigenvalue weighted by Gasteiger charge is -2.19. The summed E-state index contributed by atoms with van der Waals surface area (Å²) in [7, 11) is -1.74. The van der Waals surface area contributed by atoms with Crippen LogP contribution in [0.1, 0.15) is 25.3 Å². The van der Waals surface area contributed by atoms with E-state index in [0.29, 0.717) is 24.7 Å². The maximum Gasteiger partial charge on any atom is 0.257 e. The van der Waals surface area contributed by atoms with Gasteiger partial charge in [-0.05, 0) is 26.4 Å². The summed E-state index contributed by atoms with van der Waals surface area (Å²) in [6.07, 6.45) is 3.99. The van der Waals surface area contributed by atoms with Gasteiger partial charge in [-0.15, -0.1) is 0 Å². The minimum Gasteiger partial charge on any atom is -0.316 e. The van der Waals surface area contributed by atoms with Gasteiger partial charge in [0, 0.05) is 31.2 Å².